The smallest absolute Gasteiger partial charge is 0.422 e. The lowest BCUT2D eigenvalue weighted by Crippen LogP contribution is -2.32. The SMILES string of the molecule is Cc1ccc(S(=O)(=O)NC(=O)O[C@H](c2ccccc2)c2ccc(Cl)cc2)cc1. The van der Waals surface area contributed by atoms with Crippen LogP contribution >= 0.6 is 11.6 Å². The molecule has 0 saturated heterocycles. The molecule has 144 valence electrons. The zero-order valence-corrected chi connectivity index (χ0v) is 16.6. The number of sulfonamides is 1. The fraction of sp³-hybridized carbons (Fsp3) is 0.0952. The number of benzene rings is 3. The van der Waals surface area contributed by atoms with Crippen LogP contribution in [-0.2, 0) is 14.8 Å². The highest BCUT2D eigenvalue weighted by Gasteiger charge is 2.23. The first kappa shape index (κ1) is 19.9. The molecule has 0 saturated carbocycles. The third-order valence-corrected chi connectivity index (χ3v) is 5.63. The van der Waals surface area contributed by atoms with Gasteiger partial charge in [-0.1, -0.05) is 71.8 Å². The predicted molar refractivity (Wildman–Crippen MR) is 108 cm³/mol. The highest BCUT2D eigenvalue weighted by atomic mass is 35.5. The molecule has 0 heterocycles. The summed E-state index contributed by atoms with van der Waals surface area (Å²) in [4.78, 5) is 12.4. The van der Waals surface area contributed by atoms with Gasteiger partial charge < -0.3 is 4.74 Å². The van der Waals surface area contributed by atoms with Crippen LogP contribution in [0.5, 0.6) is 0 Å². The van der Waals surface area contributed by atoms with Crippen molar-refractivity contribution in [3.8, 4) is 0 Å². The number of ether oxygens (including phenoxy) is 1. The molecule has 0 spiro atoms. The number of hydrogen-bond donors (Lipinski definition) is 1. The second-order valence-electron chi connectivity index (χ2n) is 6.17. The molecule has 3 rings (SSSR count). The normalized spacial score (nSPS) is 12.2. The number of aryl methyl sites for hydroxylation is 1. The van der Waals surface area contributed by atoms with E-state index in [4.69, 9.17) is 16.3 Å². The number of rotatable bonds is 5. The molecular formula is C21H18ClNO4S. The predicted octanol–water partition coefficient (Wildman–Crippen LogP) is 4.85. The van der Waals surface area contributed by atoms with Crippen molar-refractivity contribution in [1.29, 1.82) is 0 Å². The van der Waals surface area contributed by atoms with Crippen LogP contribution in [0.3, 0.4) is 0 Å². The van der Waals surface area contributed by atoms with Crippen LogP contribution in [0.15, 0.2) is 83.8 Å². The topological polar surface area (TPSA) is 72.5 Å². The van der Waals surface area contributed by atoms with E-state index in [0.717, 1.165) is 5.56 Å². The largest absolute Gasteiger partial charge is 0.436 e. The second kappa shape index (κ2) is 8.46. The Morgan fingerprint density at radius 3 is 2.07 bits per heavy atom. The van der Waals surface area contributed by atoms with Crippen molar-refractivity contribution in [3.63, 3.8) is 0 Å². The van der Waals surface area contributed by atoms with Crippen molar-refractivity contribution >= 4 is 27.7 Å². The molecule has 0 aliphatic heterocycles. The van der Waals surface area contributed by atoms with E-state index in [1.807, 2.05) is 29.8 Å². The molecule has 0 radical (unpaired) electrons. The van der Waals surface area contributed by atoms with E-state index in [1.165, 1.54) is 12.1 Å². The molecule has 3 aromatic carbocycles. The van der Waals surface area contributed by atoms with Gasteiger partial charge in [0.2, 0.25) is 0 Å². The van der Waals surface area contributed by atoms with Gasteiger partial charge in [0.1, 0.15) is 0 Å². The molecule has 1 N–H and O–H groups in total. The maximum atomic E-state index is 12.4. The fourth-order valence-corrected chi connectivity index (χ4v) is 3.62. The van der Waals surface area contributed by atoms with Gasteiger partial charge in [0.15, 0.2) is 6.10 Å². The minimum absolute atomic E-state index is 0.0159. The Balaban J connectivity index is 1.83. The van der Waals surface area contributed by atoms with E-state index in [0.29, 0.717) is 16.1 Å². The molecule has 0 fully saturated rings. The second-order valence-corrected chi connectivity index (χ2v) is 8.28. The molecule has 28 heavy (non-hydrogen) atoms. The van der Waals surface area contributed by atoms with Crippen molar-refractivity contribution in [1.82, 2.24) is 4.72 Å². The van der Waals surface area contributed by atoms with Crippen LogP contribution in [0.1, 0.15) is 22.8 Å². The van der Waals surface area contributed by atoms with Crippen molar-refractivity contribution in [2.24, 2.45) is 0 Å². The summed E-state index contributed by atoms with van der Waals surface area (Å²) in [6, 6.07) is 22.0. The Kier molecular flexibility index (Phi) is 6.02. The number of halogens is 1. The maximum absolute atomic E-state index is 12.4. The minimum Gasteiger partial charge on any atom is -0.436 e. The van der Waals surface area contributed by atoms with Crippen LogP contribution in [-0.4, -0.2) is 14.5 Å². The maximum Gasteiger partial charge on any atom is 0.422 e. The van der Waals surface area contributed by atoms with Crippen LogP contribution in [0.4, 0.5) is 4.79 Å². The first-order valence-corrected chi connectivity index (χ1v) is 10.3. The van der Waals surface area contributed by atoms with Crippen LogP contribution in [0.25, 0.3) is 0 Å². The van der Waals surface area contributed by atoms with Gasteiger partial charge in [-0.2, -0.15) is 0 Å². The molecule has 1 amide bonds. The number of carbonyl (C=O) groups is 1. The van der Waals surface area contributed by atoms with Crippen molar-refractivity contribution in [2.75, 3.05) is 0 Å². The van der Waals surface area contributed by atoms with Gasteiger partial charge in [-0.05, 0) is 42.3 Å². The molecule has 0 unspecified atom stereocenters. The van der Waals surface area contributed by atoms with E-state index in [2.05, 4.69) is 0 Å². The number of nitrogens with one attached hydrogen (secondary N) is 1. The third kappa shape index (κ3) is 4.91. The molecule has 5 nitrogen and oxygen atoms in total. The average molecular weight is 416 g/mol. The molecule has 0 aliphatic carbocycles. The van der Waals surface area contributed by atoms with Gasteiger partial charge in [-0.25, -0.2) is 17.9 Å². The highest BCUT2D eigenvalue weighted by molar-refractivity contribution is 7.90. The fourth-order valence-electron chi connectivity index (χ4n) is 2.61. The molecule has 0 aromatic heterocycles. The van der Waals surface area contributed by atoms with Gasteiger partial charge in [-0.3, -0.25) is 0 Å². The zero-order valence-electron chi connectivity index (χ0n) is 15.0. The summed E-state index contributed by atoms with van der Waals surface area (Å²) in [5, 5.41) is 0.543. The molecule has 0 bridgehead atoms. The molecule has 7 heteroatoms. The zero-order chi connectivity index (χ0) is 20.1. The first-order valence-electron chi connectivity index (χ1n) is 8.46. The van der Waals surface area contributed by atoms with Crippen molar-refractivity contribution < 1.29 is 17.9 Å². The van der Waals surface area contributed by atoms with E-state index in [-0.39, 0.29) is 4.90 Å². The van der Waals surface area contributed by atoms with Gasteiger partial charge in [0.05, 0.1) is 4.90 Å². The number of amides is 1. The number of carbonyl (C=O) groups excluding carboxylic acids is 1. The summed E-state index contributed by atoms with van der Waals surface area (Å²) in [5.41, 5.74) is 2.28. The van der Waals surface area contributed by atoms with E-state index >= 15 is 0 Å². The summed E-state index contributed by atoms with van der Waals surface area (Å²) in [6.45, 7) is 1.84. The van der Waals surface area contributed by atoms with Crippen LogP contribution < -0.4 is 4.72 Å². The lowest BCUT2D eigenvalue weighted by atomic mass is 10.0. The third-order valence-electron chi connectivity index (χ3n) is 4.05. The Morgan fingerprint density at radius 2 is 1.46 bits per heavy atom. The monoisotopic (exact) mass is 415 g/mol. The average Bonchev–Trinajstić information content (AvgIpc) is 2.67. The van der Waals surface area contributed by atoms with Crippen LogP contribution in [0.2, 0.25) is 5.02 Å². The van der Waals surface area contributed by atoms with E-state index in [1.54, 1.807) is 48.5 Å². The Morgan fingerprint density at radius 1 is 0.893 bits per heavy atom. The Hall–Kier alpha value is -2.83. The quantitative estimate of drug-likeness (QED) is 0.646. The molecule has 3 aromatic rings. The lowest BCUT2D eigenvalue weighted by molar-refractivity contribution is 0.122. The lowest BCUT2D eigenvalue weighted by Gasteiger charge is -2.19. The first-order chi connectivity index (χ1) is 13.3. The van der Waals surface area contributed by atoms with E-state index < -0.39 is 22.2 Å². The van der Waals surface area contributed by atoms with Gasteiger partial charge in [0.25, 0.3) is 10.0 Å². The molecule has 0 aliphatic rings. The van der Waals surface area contributed by atoms with E-state index in [9.17, 15) is 13.2 Å². The molecule has 1 atom stereocenters. The van der Waals surface area contributed by atoms with Crippen LogP contribution in [0, 0.1) is 6.92 Å². The van der Waals surface area contributed by atoms with Gasteiger partial charge >= 0.3 is 6.09 Å². The Labute approximate surface area is 169 Å². The van der Waals surface area contributed by atoms with Gasteiger partial charge in [-0.15, -0.1) is 0 Å². The summed E-state index contributed by atoms with van der Waals surface area (Å²) >= 11 is 5.93. The Bertz CT molecular complexity index is 1050. The number of hydrogen-bond acceptors (Lipinski definition) is 4. The van der Waals surface area contributed by atoms with Crippen molar-refractivity contribution in [2.45, 2.75) is 17.9 Å². The van der Waals surface area contributed by atoms with Gasteiger partial charge in [0, 0.05) is 5.02 Å². The minimum atomic E-state index is -4.04. The summed E-state index contributed by atoms with van der Waals surface area (Å²) in [7, 11) is -4.04. The highest BCUT2D eigenvalue weighted by Crippen LogP contribution is 2.27. The summed E-state index contributed by atoms with van der Waals surface area (Å²) < 4.78 is 32.3. The molecular weight excluding hydrogens is 398 g/mol. The summed E-state index contributed by atoms with van der Waals surface area (Å²) in [5.74, 6) is 0. The summed E-state index contributed by atoms with van der Waals surface area (Å²) in [6.07, 6.45) is -1.85. The van der Waals surface area contributed by atoms with Crippen molar-refractivity contribution in [3.05, 3.63) is 101 Å². The standard InChI is InChI=1S/C21H18ClNO4S/c1-15-7-13-19(14-8-15)28(25,26)23-21(24)27-20(16-5-3-2-4-6-16)17-9-11-18(22)12-10-17/h2-14,20H,1H3,(H,23,24)/t20-/m1/s1.